The van der Waals surface area contributed by atoms with Crippen LogP contribution < -0.4 is 4.72 Å². The van der Waals surface area contributed by atoms with Crippen molar-refractivity contribution in [2.45, 2.75) is 19.4 Å². The van der Waals surface area contributed by atoms with E-state index in [-0.39, 0.29) is 5.75 Å². The first kappa shape index (κ1) is 19.4. The summed E-state index contributed by atoms with van der Waals surface area (Å²) in [4.78, 5) is 0. The first-order valence-electron chi connectivity index (χ1n) is 8.42. The fourth-order valence-corrected chi connectivity index (χ4v) is 4.58. The summed E-state index contributed by atoms with van der Waals surface area (Å²) in [6.45, 7) is 1.58. The Morgan fingerprint density at radius 3 is 2.41 bits per heavy atom. The molecule has 0 amide bonds. The lowest BCUT2D eigenvalue weighted by Crippen LogP contribution is -2.28. The van der Waals surface area contributed by atoms with Gasteiger partial charge in [0.2, 0.25) is 20.0 Å². The maximum absolute atomic E-state index is 12.5. The summed E-state index contributed by atoms with van der Waals surface area (Å²) in [5.74, 6) is -0.0528. The van der Waals surface area contributed by atoms with Crippen LogP contribution >= 0.6 is 0 Å². The summed E-state index contributed by atoms with van der Waals surface area (Å²) in [5, 5.41) is 4.38. The Morgan fingerprint density at radius 1 is 1.07 bits per heavy atom. The Morgan fingerprint density at radius 2 is 1.78 bits per heavy atom. The van der Waals surface area contributed by atoms with Gasteiger partial charge in [-0.3, -0.25) is 4.72 Å². The number of nitrogens with one attached hydrogen (secondary N) is 1. The van der Waals surface area contributed by atoms with Crippen molar-refractivity contribution in [1.29, 1.82) is 0 Å². The number of hydrogen-bond acceptors (Lipinski definition) is 5. The number of hydrazone groups is 1. The topological polar surface area (TPSA) is 95.9 Å². The third-order valence-corrected chi connectivity index (χ3v) is 6.45. The molecular weight excluding hydrogens is 386 g/mol. The first-order chi connectivity index (χ1) is 12.7. The van der Waals surface area contributed by atoms with Crippen LogP contribution in [-0.4, -0.2) is 39.0 Å². The molecule has 144 valence electrons. The van der Waals surface area contributed by atoms with E-state index in [1.807, 2.05) is 30.3 Å². The van der Waals surface area contributed by atoms with Crippen LogP contribution in [0, 0.1) is 0 Å². The van der Waals surface area contributed by atoms with Gasteiger partial charge in [-0.2, -0.15) is 9.52 Å². The molecule has 1 aliphatic heterocycles. The van der Waals surface area contributed by atoms with Gasteiger partial charge < -0.3 is 0 Å². The van der Waals surface area contributed by atoms with Gasteiger partial charge in [0.15, 0.2) is 0 Å². The van der Waals surface area contributed by atoms with Crippen LogP contribution in [0.1, 0.15) is 30.5 Å². The predicted molar refractivity (Wildman–Crippen MR) is 107 cm³/mol. The fraction of sp³-hybridized carbons (Fsp3) is 0.278. The second-order valence-electron chi connectivity index (χ2n) is 6.31. The number of hydrogen-bond donors (Lipinski definition) is 1. The van der Waals surface area contributed by atoms with Crippen molar-refractivity contribution in [1.82, 2.24) is 4.41 Å². The number of sulfonamides is 2. The molecule has 0 aliphatic carbocycles. The summed E-state index contributed by atoms with van der Waals surface area (Å²) in [5.41, 5.74) is 2.54. The van der Waals surface area contributed by atoms with Gasteiger partial charge in [0.25, 0.3) is 0 Å². The Kier molecular flexibility index (Phi) is 5.25. The molecule has 3 rings (SSSR count). The van der Waals surface area contributed by atoms with Gasteiger partial charge in [0.05, 0.1) is 23.8 Å². The van der Waals surface area contributed by atoms with Crippen LogP contribution in [0.5, 0.6) is 0 Å². The van der Waals surface area contributed by atoms with Gasteiger partial charge in [0.1, 0.15) is 0 Å². The van der Waals surface area contributed by atoms with Crippen molar-refractivity contribution in [2.24, 2.45) is 5.10 Å². The number of anilines is 1. The summed E-state index contributed by atoms with van der Waals surface area (Å²) in [7, 11) is -6.95. The van der Waals surface area contributed by atoms with Gasteiger partial charge in [-0.1, -0.05) is 42.5 Å². The molecule has 0 unspecified atom stereocenters. The average Bonchev–Trinajstić information content (AvgIpc) is 3.08. The minimum absolute atomic E-state index is 0.0528. The first-order valence-corrected chi connectivity index (χ1v) is 11.9. The van der Waals surface area contributed by atoms with E-state index in [0.29, 0.717) is 23.4 Å². The smallest absolute Gasteiger partial charge is 0.250 e. The molecular formula is C18H21N3O4S2. The zero-order valence-electron chi connectivity index (χ0n) is 15.0. The van der Waals surface area contributed by atoms with Gasteiger partial charge in [-0.05, 0) is 30.2 Å². The normalized spacial score (nSPS) is 17.6. The Balaban J connectivity index is 1.99. The second kappa shape index (κ2) is 7.32. The highest BCUT2D eigenvalue weighted by molar-refractivity contribution is 7.92. The minimum atomic E-state index is -3.54. The molecule has 1 atom stereocenters. The number of rotatable bonds is 6. The summed E-state index contributed by atoms with van der Waals surface area (Å²) in [6.07, 6.45) is 1.49. The highest BCUT2D eigenvalue weighted by Gasteiger charge is 2.35. The fourth-order valence-electron chi connectivity index (χ4n) is 2.95. The Hall–Kier alpha value is -2.39. The van der Waals surface area contributed by atoms with Crippen molar-refractivity contribution < 1.29 is 16.8 Å². The molecule has 27 heavy (non-hydrogen) atoms. The van der Waals surface area contributed by atoms with E-state index < -0.39 is 26.1 Å². The van der Waals surface area contributed by atoms with Crippen molar-refractivity contribution in [3.63, 3.8) is 0 Å². The molecule has 9 heteroatoms. The standard InChI is InChI=1S/C18H21N3O4S2/c1-3-27(24,25)21-18(14-8-5-4-6-9-14)13-17(19-21)15-10-7-11-16(12-15)20-26(2,22)23/h4-12,18,20H,3,13H2,1-2H3/t18-/m0/s1. The lowest BCUT2D eigenvalue weighted by molar-refractivity contribution is 0.372. The lowest BCUT2D eigenvalue weighted by atomic mass is 9.99. The van der Waals surface area contributed by atoms with E-state index in [4.69, 9.17) is 0 Å². The van der Waals surface area contributed by atoms with Crippen LogP contribution in [0.3, 0.4) is 0 Å². The predicted octanol–water partition coefficient (Wildman–Crippen LogP) is 2.56. The molecule has 0 saturated carbocycles. The molecule has 0 aromatic heterocycles. The van der Waals surface area contributed by atoms with Gasteiger partial charge in [-0.15, -0.1) is 0 Å². The van der Waals surface area contributed by atoms with Crippen molar-refractivity contribution in [3.05, 3.63) is 65.7 Å². The van der Waals surface area contributed by atoms with Crippen LogP contribution in [0.4, 0.5) is 5.69 Å². The molecule has 1 heterocycles. The quantitative estimate of drug-likeness (QED) is 0.796. The van der Waals surface area contributed by atoms with E-state index in [0.717, 1.165) is 11.8 Å². The molecule has 0 fully saturated rings. The number of benzene rings is 2. The molecule has 0 saturated heterocycles. The molecule has 0 bridgehead atoms. The number of nitrogens with zero attached hydrogens (tertiary/aromatic N) is 2. The van der Waals surface area contributed by atoms with Gasteiger partial charge in [-0.25, -0.2) is 16.8 Å². The van der Waals surface area contributed by atoms with Crippen LogP contribution in [-0.2, 0) is 20.0 Å². The molecule has 1 N–H and O–H groups in total. The van der Waals surface area contributed by atoms with E-state index in [9.17, 15) is 16.8 Å². The van der Waals surface area contributed by atoms with E-state index in [1.54, 1.807) is 31.2 Å². The molecule has 2 aromatic rings. The van der Waals surface area contributed by atoms with E-state index >= 15 is 0 Å². The average molecular weight is 408 g/mol. The van der Waals surface area contributed by atoms with Crippen LogP contribution in [0.25, 0.3) is 0 Å². The summed E-state index contributed by atoms with van der Waals surface area (Å²) in [6, 6.07) is 15.7. The molecule has 2 aromatic carbocycles. The van der Waals surface area contributed by atoms with Crippen molar-refractivity contribution in [3.8, 4) is 0 Å². The zero-order valence-corrected chi connectivity index (χ0v) is 16.7. The summed E-state index contributed by atoms with van der Waals surface area (Å²) < 4.78 is 51.6. The maximum atomic E-state index is 12.5. The highest BCUT2D eigenvalue weighted by Crippen LogP contribution is 2.35. The minimum Gasteiger partial charge on any atom is -0.284 e. The monoisotopic (exact) mass is 407 g/mol. The second-order valence-corrected chi connectivity index (χ2v) is 10.2. The van der Waals surface area contributed by atoms with Crippen molar-refractivity contribution >= 4 is 31.4 Å². The van der Waals surface area contributed by atoms with Crippen LogP contribution in [0.2, 0.25) is 0 Å². The molecule has 1 aliphatic rings. The molecule has 7 nitrogen and oxygen atoms in total. The molecule has 0 spiro atoms. The lowest BCUT2D eigenvalue weighted by Gasteiger charge is -2.22. The largest absolute Gasteiger partial charge is 0.284 e. The SMILES string of the molecule is CCS(=O)(=O)N1N=C(c2cccc(NS(C)(=O)=O)c2)C[C@H]1c1ccccc1. The Bertz CT molecular complexity index is 1060. The molecule has 0 radical (unpaired) electrons. The van der Waals surface area contributed by atoms with Gasteiger partial charge >= 0.3 is 0 Å². The third-order valence-electron chi connectivity index (χ3n) is 4.21. The summed E-state index contributed by atoms with van der Waals surface area (Å²) >= 11 is 0. The van der Waals surface area contributed by atoms with E-state index in [2.05, 4.69) is 9.82 Å². The highest BCUT2D eigenvalue weighted by atomic mass is 32.2. The Labute approximate surface area is 159 Å². The van der Waals surface area contributed by atoms with Crippen molar-refractivity contribution in [2.75, 3.05) is 16.7 Å². The maximum Gasteiger partial charge on any atom is 0.250 e. The van der Waals surface area contributed by atoms with E-state index in [1.165, 1.54) is 4.41 Å². The third kappa shape index (κ3) is 4.48. The van der Waals surface area contributed by atoms with Crippen LogP contribution in [0.15, 0.2) is 59.7 Å². The zero-order chi connectivity index (χ0) is 19.7. The van der Waals surface area contributed by atoms with Gasteiger partial charge in [0, 0.05) is 12.1 Å².